The van der Waals surface area contributed by atoms with Crippen molar-refractivity contribution in [3.63, 3.8) is 0 Å². The van der Waals surface area contributed by atoms with Crippen LogP contribution in [-0.4, -0.2) is 5.91 Å². The van der Waals surface area contributed by atoms with Crippen LogP contribution < -0.4 is 11.5 Å². The van der Waals surface area contributed by atoms with Crippen molar-refractivity contribution in [2.24, 2.45) is 5.73 Å². The minimum atomic E-state index is -0.818. The van der Waals surface area contributed by atoms with Crippen LogP contribution in [0, 0.1) is 0 Å². The van der Waals surface area contributed by atoms with Gasteiger partial charge < -0.3 is 11.5 Å². The average molecular weight is 165 g/mol. The van der Waals surface area contributed by atoms with Crippen LogP contribution in [0.15, 0.2) is 30.3 Å². The van der Waals surface area contributed by atoms with Crippen molar-refractivity contribution in [1.82, 2.24) is 0 Å². The van der Waals surface area contributed by atoms with E-state index in [-0.39, 0.29) is 0 Å². The number of rotatable bonds is 2. The number of carbonyl (C=O) groups excluding carboxylic acids is 1. The molecule has 0 saturated heterocycles. The first kappa shape index (κ1) is 8.74. The molecule has 1 aromatic rings. The summed E-state index contributed by atoms with van der Waals surface area (Å²) in [5.41, 5.74) is 8.99. The molecule has 0 heterocycles. The van der Waals surface area contributed by atoms with Crippen LogP contribution in [0.5, 0.6) is 0 Å². The standard InChI is InChI=1S/C9H12N2O/c1-9(11,8(10)12)7-5-3-2-4-6-7/h2-6H,11H2,1H3,(H2,10,12)/p+1/t9-/m0/s1. The lowest BCUT2D eigenvalue weighted by molar-refractivity contribution is -0.460. The average Bonchev–Trinajstić information content (AvgIpc) is 2.06. The van der Waals surface area contributed by atoms with E-state index in [1.165, 1.54) is 0 Å². The lowest BCUT2D eigenvalue weighted by atomic mass is 9.93. The molecule has 5 N–H and O–H groups in total. The van der Waals surface area contributed by atoms with Crippen molar-refractivity contribution in [3.05, 3.63) is 35.9 Å². The van der Waals surface area contributed by atoms with Gasteiger partial charge in [0.1, 0.15) is 0 Å². The Balaban J connectivity index is 3.06. The van der Waals surface area contributed by atoms with Crippen LogP contribution in [0.2, 0.25) is 0 Å². The number of quaternary nitrogens is 1. The van der Waals surface area contributed by atoms with Gasteiger partial charge in [0.2, 0.25) is 0 Å². The summed E-state index contributed by atoms with van der Waals surface area (Å²) >= 11 is 0. The van der Waals surface area contributed by atoms with Gasteiger partial charge in [-0.1, -0.05) is 30.3 Å². The zero-order valence-electron chi connectivity index (χ0n) is 7.08. The van der Waals surface area contributed by atoms with Gasteiger partial charge in [0.05, 0.1) is 0 Å². The Morgan fingerprint density at radius 2 is 1.92 bits per heavy atom. The van der Waals surface area contributed by atoms with Crippen molar-refractivity contribution >= 4 is 5.91 Å². The Bertz CT molecular complexity index is 280. The van der Waals surface area contributed by atoms with Gasteiger partial charge in [0.15, 0.2) is 5.54 Å². The molecule has 1 atom stereocenters. The first-order valence-corrected chi connectivity index (χ1v) is 3.76. The van der Waals surface area contributed by atoms with Crippen molar-refractivity contribution in [2.45, 2.75) is 12.5 Å². The Hall–Kier alpha value is -1.35. The fraction of sp³-hybridized carbons (Fsp3) is 0.222. The van der Waals surface area contributed by atoms with E-state index in [9.17, 15) is 4.79 Å². The second-order valence-corrected chi connectivity index (χ2v) is 3.06. The fourth-order valence-electron chi connectivity index (χ4n) is 0.948. The quantitative estimate of drug-likeness (QED) is 0.616. The molecule has 1 rings (SSSR count). The summed E-state index contributed by atoms with van der Waals surface area (Å²) in [6, 6.07) is 9.31. The summed E-state index contributed by atoms with van der Waals surface area (Å²) < 4.78 is 0. The van der Waals surface area contributed by atoms with Crippen LogP contribution in [0.3, 0.4) is 0 Å². The van der Waals surface area contributed by atoms with E-state index in [0.29, 0.717) is 0 Å². The van der Waals surface area contributed by atoms with Gasteiger partial charge in [0, 0.05) is 12.5 Å². The van der Waals surface area contributed by atoms with E-state index in [1.807, 2.05) is 30.3 Å². The molecule has 12 heavy (non-hydrogen) atoms. The molecule has 0 aliphatic rings. The highest BCUT2D eigenvalue weighted by atomic mass is 16.1. The number of carbonyl (C=O) groups is 1. The van der Waals surface area contributed by atoms with Gasteiger partial charge in [-0.2, -0.15) is 0 Å². The first-order chi connectivity index (χ1) is 5.55. The normalized spacial score (nSPS) is 15.2. The summed E-state index contributed by atoms with van der Waals surface area (Å²) in [6.45, 7) is 1.71. The monoisotopic (exact) mass is 165 g/mol. The summed E-state index contributed by atoms with van der Waals surface area (Å²) in [5, 5.41) is 0. The molecule has 64 valence electrons. The second kappa shape index (κ2) is 2.95. The predicted molar refractivity (Wildman–Crippen MR) is 45.9 cm³/mol. The zero-order valence-corrected chi connectivity index (χ0v) is 7.08. The maximum absolute atomic E-state index is 11.0. The molecule has 0 radical (unpaired) electrons. The maximum atomic E-state index is 11.0. The molecule has 0 bridgehead atoms. The summed E-state index contributed by atoms with van der Waals surface area (Å²) in [4.78, 5) is 11.0. The molecule has 0 spiro atoms. The van der Waals surface area contributed by atoms with Crippen molar-refractivity contribution in [2.75, 3.05) is 0 Å². The number of hydrogen-bond donors (Lipinski definition) is 2. The highest BCUT2D eigenvalue weighted by Gasteiger charge is 2.31. The predicted octanol–water partition coefficient (Wildman–Crippen LogP) is -0.371. The Morgan fingerprint density at radius 1 is 1.42 bits per heavy atom. The van der Waals surface area contributed by atoms with Crippen LogP contribution in [-0.2, 0) is 10.3 Å². The second-order valence-electron chi connectivity index (χ2n) is 3.06. The van der Waals surface area contributed by atoms with Gasteiger partial charge in [-0.3, -0.25) is 4.79 Å². The minimum Gasteiger partial charge on any atom is -0.364 e. The molecule has 0 aromatic heterocycles. The molecule has 1 aromatic carbocycles. The third-order valence-electron chi connectivity index (χ3n) is 1.95. The zero-order chi connectivity index (χ0) is 9.19. The third-order valence-corrected chi connectivity index (χ3v) is 1.95. The van der Waals surface area contributed by atoms with E-state index in [2.05, 4.69) is 5.73 Å². The van der Waals surface area contributed by atoms with Crippen molar-refractivity contribution < 1.29 is 10.5 Å². The third kappa shape index (κ3) is 1.46. The Labute approximate surface area is 71.4 Å². The van der Waals surface area contributed by atoms with E-state index in [4.69, 9.17) is 5.73 Å². The number of hydrogen-bond acceptors (Lipinski definition) is 1. The summed E-state index contributed by atoms with van der Waals surface area (Å²) in [7, 11) is 0. The van der Waals surface area contributed by atoms with Crippen LogP contribution in [0.25, 0.3) is 0 Å². The first-order valence-electron chi connectivity index (χ1n) is 3.76. The van der Waals surface area contributed by atoms with Gasteiger partial charge in [-0.15, -0.1) is 0 Å². The number of primary amides is 1. The Morgan fingerprint density at radius 3 is 2.33 bits per heavy atom. The van der Waals surface area contributed by atoms with E-state index >= 15 is 0 Å². The minimum absolute atomic E-state index is 0.409. The molecule has 0 unspecified atom stereocenters. The molecule has 0 saturated carbocycles. The molecule has 0 aliphatic heterocycles. The highest BCUT2D eigenvalue weighted by molar-refractivity contribution is 5.83. The number of nitrogens with two attached hydrogens (primary N) is 1. The van der Waals surface area contributed by atoms with Crippen molar-refractivity contribution in [3.8, 4) is 0 Å². The summed E-state index contributed by atoms with van der Waals surface area (Å²) in [6.07, 6.45) is 0. The van der Waals surface area contributed by atoms with Crippen molar-refractivity contribution in [1.29, 1.82) is 0 Å². The highest BCUT2D eigenvalue weighted by Crippen LogP contribution is 2.13. The van der Waals surface area contributed by atoms with E-state index in [0.717, 1.165) is 5.56 Å². The van der Waals surface area contributed by atoms with Crippen LogP contribution in [0.4, 0.5) is 0 Å². The van der Waals surface area contributed by atoms with Gasteiger partial charge in [0.25, 0.3) is 5.91 Å². The molecular weight excluding hydrogens is 152 g/mol. The number of benzene rings is 1. The SMILES string of the molecule is C[C@@]([NH3+])(C(N)=O)c1ccccc1. The maximum Gasteiger partial charge on any atom is 0.283 e. The molecular formula is C9H13N2O+. The molecule has 1 amide bonds. The molecule has 0 fully saturated rings. The Kier molecular flexibility index (Phi) is 2.15. The van der Waals surface area contributed by atoms with E-state index in [1.54, 1.807) is 6.92 Å². The largest absolute Gasteiger partial charge is 0.364 e. The fourth-order valence-corrected chi connectivity index (χ4v) is 0.948. The van der Waals surface area contributed by atoms with Gasteiger partial charge in [-0.25, -0.2) is 0 Å². The molecule has 3 heteroatoms. The van der Waals surface area contributed by atoms with Crippen LogP contribution in [0.1, 0.15) is 12.5 Å². The topological polar surface area (TPSA) is 70.7 Å². The number of amides is 1. The van der Waals surface area contributed by atoms with E-state index < -0.39 is 11.4 Å². The molecule has 3 nitrogen and oxygen atoms in total. The lowest BCUT2D eigenvalue weighted by Gasteiger charge is -2.16. The van der Waals surface area contributed by atoms with Gasteiger partial charge >= 0.3 is 0 Å². The summed E-state index contributed by atoms with van der Waals surface area (Å²) in [5.74, 6) is -0.409. The van der Waals surface area contributed by atoms with Gasteiger partial charge in [-0.05, 0) is 0 Å². The van der Waals surface area contributed by atoms with Crippen LogP contribution >= 0.6 is 0 Å². The lowest BCUT2D eigenvalue weighted by Crippen LogP contribution is -2.73. The smallest absolute Gasteiger partial charge is 0.283 e. The molecule has 0 aliphatic carbocycles.